The van der Waals surface area contributed by atoms with Crippen LogP contribution in [-0.2, 0) is 14.6 Å². The molecule has 0 aromatic heterocycles. The van der Waals surface area contributed by atoms with Gasteiger partial charge in [-0.1, -0.05) is 64.7 Å². The van der Waals surface area contributed by atoms with Gasteiger partial charge in [-0.3, -0.25) is 4.55 Å². The highest BCUT2D eigenvalue weighted by atomic mass is 32.3. The molecular formula is C12H28O5S. The molecule has 0 aliphatic carbocycles. The highest BCUT2D eigenvalue weighted by Crippen LogP contribution is 2.10. The van der Waals surface area contributed by atoms with Gasteiger partial charge in [0.1, 0.15) is 0 Å². The minimum absolute atomic E-state index is 0. The first-order chi connectivity index (χ1) is 8.06. The van der Waals surface area contributed by atoms with E-state index in [2.05, 4.69) is 11.1 Å². The first-order valence-electron chi connectivity index (χ1n) is 6.68. The fourth-order valence-electron chi connectivity index (χ4n) is 1.75. The largest absolute Gasteiger partial charge is 0.412 e. The summed E-state index contributed by atoms with van der Waals surface area (Å²) in [4.78, 5) is 0. The fraction of sp³-hybridized carbons (Fsp3) is 1.00. The highest BCUT2D eigenvalue weighted by molar-refractivity contribution is 7.80. The van der Waals surface area contributed by atoms with Crippen molar-refractivity contribution in [2.75, 3.05) is 6.61 Å². The van der Waals surface area contributed by atoms with Gasteiger partial charge >= 0.3 is 10.4 Å². The molecule has 0 aromatic carbocycles. The summed E-state index contributed by atoms with van der Waals surface area (Å²) in [6.45, 7) is 2.31. The Morgan fingerprint density at radius 2 is 1.22 bits per heavy atom. The Kier molecular flexibility index (Phi) is 14.9. The molecule has 0 saturated carbocycles. The maximum atomic E-state index is 10.2. The lowest BCUT2D eigenvalue weighted by molar-refractivity contribution is 0.261. The van der Waals surface area contributed by atoms with Crippen molar-refractivity contribution in [1.82, 2.24) is 0 Å². The Bertz CT molecular complexity index is 251. The molecule has 0 aromatic rings. The van der Waals surface area contributed by atoms with Crippen molar-refractivity contribution in [1.29, 1.82) is 0 Å². The zero-order valence-corrected chi connectivity index (χ0v) is 12.2. The van der Waals surface area contributed by atoms with E-state index in [0.29, 0.717) is 6.42 Å². The Morgan fingerprint density at radius 3 is 1.61 bits per heavy atom. The molecule has 0 aliphatic heterocycles. The number of hydrogen-bond acceptors (Lipinski definition) is 3. The van der Waals surface area contributed by atoms with E-state index in [4.69, 9.17) is 4.55 Å². The number of hydrogen-bond donors (Lipinski definition) is 1. The van der Waals surface area contributed by atoms with Crippen LogP contribution in [-0.4, -0.2) is 25.1 Å². The second kappa shape index (κ2) is 13.3. The van der Waals surface area contributed by atoms with Gasteiger partial charge in [0.05, 0.1) is 6.61 Å². The zero-order valence-electron chi connectivity index (χ0n) is 11.4. The molecule has 18 heavy (non-hydrogen) atoms. The highest BCUT2D eigenvalue weighted by Gasteiger charge is 2.02. The molecule has 0 radical (unpaired) electrons. The van der Waals surface area contributed by atoms with Gasteiger partial charge in [0.2, 0.25) is 0 Å². The Hall–Kier alpha value is -0.170. The summed E-state index contributed by atoms with van der Waals surface area (Å²) in [5.74, 6) is 0. The summed E-state index contributed by atoms with van der Waals surface area (Å²) in [7, 11) is -4.23. The molecule has 0 bridgehead atoms. The molecule has 6 heteroatoms. The molecule has 5 nitrogen and oxygen atoms in total. The van der Waals surface area contributed by atoms with Crippen LogP contribution < -0.4 is 0 Å². The van der Waals surface area contributed by atoms with Gasteiger partial charge in [0.15, 0.2) is 0 Å². The molecule has 0 unspecified atom stereocenters. The summed E-state index contributed by atoms with van der Waals surface area (Å²) >= 11 is 0. The summed E-state index contributed by atoms with van der Waals surface area (Å²) < 4.78 is 33.0. The van der Waals surface area contributed by atoms with E-state index in [1.165, 1.54) is 44.9 Å². The quantitative estimate of drug-likeness (QED) is 0.440. The van der Waals surface area contributed by atoms with E-state index >= 15 is 0 Å². The maximum Gasteiger partial charge on any atom is 0.397 e. The normalized spacial score (nSPS) is 11.2. The maximum absolute atomic E-state index is 10.2. The van der Waals surface area contributed by atoms with Crippen molar-refractivity contribution in [2.24, 2.45) is 0 Å². The van der Waals surface area contributed by atoms with Crippen molar-refractivity contribution in [2.45, 2.75) is 71.1 Å². The van der Waals surface area contributed by atoms with Crippen LogP contribution in [0, 0.1) is 0 Å². The van der Waals surface area contributed by atoms with Crippen LogP contribution in [0.4, 0.5) is 0 Å². The minimum Gasteiger partial charge on any atom is -0.412 e. The third kappa shape index (κ3) is 18.2. The Morgan fingerprint density at radius 1 is 0.833 bits per heavy atom. The molecule has 0 rings (SSSR count). The second-order valence-corrected chi connectivity index (χ2v) is 5.52. The average Bonchev–Trinajstić information content (AvgIpc) is 2.24. The molecular weight excluding hydrogens is 256 g/mol. The van der Waals surface area contributed by atoms with Crippen LogP contribution in [0.25, 0.3) is 0 Å². The van der Waals surface area contributed by atoms with Crippen molar-refractivity contribution in [3.8, 4) is 0 Å². The minimum atomic E-state index is -4.23. The van der Waals surface area contributed by atoms with Crippen LogP contribution >= 0.6 is 0 Å². The molecule has 112 valence electrons. The first kappa shape index (κ1) is 20.2. The van der Waals surface area contributed by atoms with Crippen LogP contribution in [0.1, 0.15) is 71.1 Å². The molecule has 0 fully saturated rings. The lowest BCUT2D eigenvalue weighted by Gasteiger charge is -2.02. The SMILES string of the molecule is CCCCCCCCCCCCOS(=O)(=O)O.O. The Labute approximate surface area is 111 Å². The zero-order chi connectivity index (χ0) is 13.0. The van der Waals surface area contributed by atoms with Gasteiger partial charge in [-0.15, -0.1) is 0 Å². The lowest BCUT2D eigenvalue weighted by Crippen LogP contribution is -2.04. The van der Waals surface area contributed by atoms with Gasteiger partial charge < -0.3 is 5.48 Å². The van der Waals surface area contributed by atoms with Gasteiger partial charge in [-0.25, -0.2) is 4.18 Å². The van der Waals surface area contributed by atoms with Gasteiger partial charge in [0, 0.05) is 0 Å². The standard InChI is InChI=1S/C12H26O4S.H2O/c1-2-3-4-5-6-7-8-9-10-11-12-16-17(13,14)15;/h2-12H2,1H3,(H,13,14,15);1H2. The van der Waals surface area contributed by atoms with Gasteiger partial charge in [0.25, 0.3) is 0 Å². The number of unbranched alkanes of at least 4 members (excludes halogenated alkanes) is 9. The smallest absolute Gasteiger partial charge is 0.397 e. The predicted molar refractivity (Wildman–Crippen MR) is 73.0 cm³/mol. The van der Waals surface area contributed by atoms with E-state index in [9.17, 15) is 8.42 Å². The van der Waals surface area contributed by atoms with E-state index in [1.54, 1.807) is 0 Å². The number of rotatable bonds is 12. The van der Waals surface area contributed by atoms with Gasteiger partial charge in [-0.2, -0.15) is 8.42 Å². The first-order valence-corrected chi connectivity index (χ1v) is 8.04. The third-order valence-corrected chi connectivity index (χ3v) is 3.19. The van der Waals surface area contributed by atoms with Crippen molar-refractivity contribution in [3.63, 3.8) is 0 Å². The molecule has 3 N–H and O–H groups in total. The van der Waals surface area contributed by atoms with E-state index in [1.807, 2.05) is 0 Å². The van der Waals surface area contributed by atoms with E-state index in [0.717, 1.165) is 12.8 Å². The third-order valence-electron chi connectivity index (χ3n) is 2.73. The van der Waals surface area contributed by atoms with Gasteiger partial charge in [-0.05, 0) is 6.42 Å². The summed E-state index contributed by atoms with van der Waals surface area (Å²) in [5.41, 5.74) is 0. The fourth-order valence-corrected chi connectivity index (χ4v) is 2.08. The molecule has 0 aliphatic rings. The monoisotopic (exact) mass is 284 g/mol. The van der Waals surface area contributed by atoms with Crippen LogP contribution in [0.15, 0.2) is 0 Å². The molecule has 0 heterocycles. The Balaban J connectivity index is 0. The van der Waals surface area contributed by atoms with E-state index < -0.39 is 10.4 Å². The molecule has 0 amide bonds. The summed E-state index contributed by atoms with van der Waals surface area (Å²) in [6.07, 6.45) is 11.9. The molecule has 0 atom stereocenters. The van der Waals surface area contributed by atoms with Crippen molar-refractivity contribution >= 4 is 10.4 Å². The summed E-state index contributed by atoms with van der Waals surface area (Å²) in [6, 6.07) is 0. The van der Waals surface area contributed by atoms with Crippen LogP contribution in [0.2, 0.25) is 0 Å². The van der Waals surface area contributed by atoms with Crippen molar-refractivity contribution < 1.29 is 22.6 Å². The predicted octanol–water partition coefficient (Wildman–Crippen LogP) is 2.90. The average molecular weight is 284 g/mol. The van der Waals surface area contributed by atoms with Crippen molar-refractivity contribution in [3.05, 3.63) is 0 Å². The van der Waals surface area contributed by atoms with E-state index in [-0.39, 0.29) is 12.1 Å². The topological polar surface area (TPSA) is 95.1 Å². The lowest BCUT2D eigenvalue weighted by atomic mass is 10.1. The molecule has 0 saturated heterocycles. The second-order valence-electron chi connectivity index (χ2n) is 4.43. The molecule has 0 spiro atoms. The van der Waals surface area contributed by atoms with Crippen LogP contribution in [0.3, 0.4) is 0 Å². The summed E-state index contributed by atoms with van der Waals surface area (Å²) in [5, 5.41) is 0. The van der Waals surface area contributed by atoms with Crippen LogP contribution in [0.5, 0.6) is 0 Å².